The lowest BCUT2D eigenvalue weighted by molar-refractivity contribution is -0.105. The maximum Gasteiger partial charge on any atom is 0.342 e. The minimum atomic E-state index is -0.232. The standard InChI is InChI=1S/C17H22N6O2/c1-18-15-14(6-7-19-16(15)21-11-24)13-9-22-23(10-13)17(25)20-8-12-4-2-3-5-12/h6-7,9-12,18H,2-5,8H2,1H3,(H,20,25)(H,19,21,24). The van der Waals surface area contributed by atoms with Gasteiger partial charge in [0.2, 0.25) is 6.41 Å². The molecule has 3 N–H and O–H groups in total. The van der Waals surface area contributed by atoms with Crippen LogP contribution in [0.3, 0.4) is 0 Å². The SMILES string of the molecule is CNc1c(-c2cnn(C(=O)NCC3CCCC3)c2)ccnc1NC=O. The van der Waals surface area contributed by atoms with E-state index >= 15 is 0 Å². The average molecular weight is 342 g/mol. The van der Waals surface area contributed by atoms with Crippen LogP contribution in [0.2, 0.25) is 0 Å². The molecule has 2 aromatic rings. The first kappa shape index (κ1) is 16.9. The summed E-state index contributed by atoms with van der Waals surface area (Å²) in [6.45, 7) is 0.693. The van der Waals surface area contributed by atoms with Crippen molar-refractivity contribution >= 4 is 23.9 Å². The summed E-state index contributed by atoms with van der Waals surface area (Å²) in [6.07, 6.45) is 10.3. The fourth-order valence-electron chi connectivity index (χ4n) is 3.22. The molecular formula is C17H22N6O2. The molecule has 8 heteroatoms. The lowest BCUT2D eigenvalue weighted by atomic mass is 10.1. The van der Waals surface area contributed by atoms with Crippen molar-refractivity contribution in [3.63, 3.8) is 0 Å². The van der Waals surface area contributed by atoms with Crippen LogP contribution < -0.4 is 16.0 Å². The Kier molecular flexibility index (Phi) is 5.27. The molecule has 132 valence electrons. The number of hydrogen-bond acceptors (Lipinski definition) is 5. The molecule has 2 amide bonds. The molecule has 0 spiro atoms. The molecule has 1 aliphatic carbocycles. The van der Waals surface area contributed by atoms with E-state index in [2.05, 4.69) is 26.0 Å². The van der Waals surface area contributed by atoms with E-state index in [0.717, 1.165) is 11.1 Å². The summed E-state index contributed by atoms with van der Waals surface area (Å²) in [6, 6.07) is 1.57. The number of pyridine rings is 1. The summed E-state index contributed by atoms with van der Waals surface area (Å²) in [7, 11) is 1.75. The fraction of sp³-hybridized carbons (Fsp3) is 0.412. The second-order valence-corrected chi connectivity index (χ2v) is 6.10. The minimum absolute atomic E-state index is 0.232. The second kappa shape index (κ2) is 7.78. The van der Waals surface area contributed by atoms with E-state index in [0.29, 0.717) is 30.4 Å². The molecule has 2 aromatic heterocycles. The van der Waals surface area contributed by atoms with E-state index in [-0.39, 0.29) is 6.03 Å². The third-order valence-electron chi connectivity index (χ3n) is 4.52. The molecule has 0 saturated heterocycles. The van der Waals surface area contributed by atoms with Gasteiger partial charge >= 0.3 is 6.03 Å². The first-order valence-corrected chi connectivity index (χ1v) is 8.43. The first-order chi connectivity index (χ1) is 12.2. The number of carbonyl (C=O) groups is 2. The highest BCUT2D eigenvalue weighted by Gasteiger charge is 2.17. The van der Waals surface area contributed by atoms with Crippen molar-refractivity contribution < 1.29 is 9.59 Å². The van der Waals surface area contributed by atoms with Crippen molar-refractivity contribution in [3.8, 4) is 11.1 Å². The number of carbonyl (C=O) groups excluding carboxylic acids is 2. The van der Waals surface area contributed by atoms with Crippen molar-refractivity contribution in [2.24, 2.45) is 5.92 Å². The normalized spacial score (nSPS) is 14.3. The molecule has 1 saturated carbocycles. The van der Waals surface area contributed by atoms with Crippen molar-refractivity contribution in [1.82, 2.24) is 20.1 Å². The van der Waals surface area contributed by atoms with E-state index in [1.807, 2.05) is 0 Å². The van der Waals surface area contributed by atoms with Crippen LogP contribution in [-0.4, -0.2) is 40.8 Å². The Balaban J connectivity index is 1.75. The number of nitrogens with one attached hydrogen (secondary N) is 3. The Morgan fingerprint density at radius 1 is 1.40 bits per heavy atom. The molecule has 3 rings (SSSR count). The largest absolute Gasteiger partial charge is 0.385 e. The molecule has 1 fully saturated rings. The minimum Gasteiger partial charge on any atom is -0.385 e. The number of rotatable bonds is 6. The quantitative estimate of drug-likeness (QED) is 0.699. The third-order valence-corrected chi connectivity index (χ3v) is 4.52. The van der Waals surface area contributed by atoms with Gasteiger partial charge in [0.1, 0.15) is 0 Å². The molecule has 1 aliphatic rings. The number of aromatic nitrogens is 3. The van der Waals surface area contributed by atoms with Gasteiger partial charge in [-0.1, -0.05) is 12.8 Å². The number of nitrogens with zero attached hydrogens (tertiary/aromatic N) is 3. The summed E-state index contributed by atoms with van der Waals surface area (Å²) >= 11 is 0. The van der Waals surface area contributed by atoms with Gasteiger partial charge in [0.25, 0.3) is 0 Å². The highest BCUT2D eigenvalue weighted by molar-refractivity contribution is 5.89. The predicted octanol–water partition coefficient (Wildman–Crippen LogP) is 2.30. The van der Waals surface area contributed by atoms with Crippen LogP contribution in [0.25, 0.3) is 11.1 Å². The molecule has 0 radical (unpaired) electrons. The van der Waals surface area contributed by atoms with Crippen LogP contribution in [0.5, 0.6) is 0 Å². The van der Waals surface area contributed by atoms with E-state index in [9.17, 15) is 9.59 Å². The van der Waals surface area contributed by atoms with Crippen LogP contribution in [0, 0.1) is 5.92 Å². The van der Waals surface area contributed by atoms with Gasteiger partial charge in [-0.05, 0) is 24.8 Å². The Morgan fingerprint density at radius 2 is 2.20 bits per heavy atom. The van der Waals surface area contributed by atoms with Gasteiger partial charge in [-0.3, -0.25) is 4.79 Å². The Morgan fingerprint density at radius 3 is 2.92 bits per heavy atom. The van der Waals surface area contributed by atoms with E-state index in [4.69, 9.17) is 0 Å². The van der Waals surface area contributed by atoms with Crippen molar-refractivity contribution in [2.45, 2.75) is 25.7 Å². The van der Waals surface area contributed by atoms with Gasteiger partial charge in [-0.15, -0.1) is 0 Å². The predicted molar refractivity (Wildman–Crippen MR) is 95.4 cm³/mol. The lowest BCUT2D eigenvalue weighted by Crippen LogP contribution is -2.32. The van der Waals surface area contributed by atoms with E-state index in [1.165, 1.54) is 30.4 Å². The first-order valence-electron chi connectivity index (χ1n) is 8.43. The molecule has 25 heavy (non-hydrogen) atoms. The van der Waals surface area contributed by atoms with Crippen molar-refractivity contribution in [2.75, 3.05) is 24.2 Å². The maximum atomic E-state index is 12.3. The summed E-state index contributed by atoms with van der Waals surface area (Å²) in [5, 5.41) is 12.7. The molecular weight excluding hydrogens is 320 g/mol. The topological polar surface area (TPSA) is 101 Å². The zero-order valence-corrected chi connectivity index (χ0v) is 14.2. The zero-order valence-electron chi connectivity index (χ0n) is 14.2. The van der Waals surface area contributed by atoms with E-state index in [1.54, 1.807) is 31.7 Å². The van der Waals surface area contributed by atoms with Crippen molar-refractivity contribution in [1.29, 1.82) is 0 Å². The van der Waals surface area contributed by atoms with E-state index < -0.39 is 0 Å². The highest BCUT2D eigenvalue weighted by Crippen LogP contribution is 2.32. The number of amides is 2. The molecule has 0 unspecified atom stereocenters. The van der Waals surface area contributed by atoms with Crippen LogP contribution in [0.1, 0.15) is 25.7 Å². The molecule has 0 aliphatic heterocycles. The summed E-state index contributed by atoms with van der Waals surface area (Å²) < 4.78 is 1.30. The number of anilines is 2. The highest BCUT2D eigenvalue weighted by atomic mass is 16.2. The van der Waals surface area contributed by atoms with Gasteiger partial charge in [-0.25, -0.2) is 9.78 Å². The monoisotopic (exact) mass is 342 g/mol. The molecule has 8 nitrogen and oxygen atoms in total. The van der Waals surface area contributed by atoms with Gasteiger partial charge < -0.3 is 16.0 Å². The van der Waals surface area contributed by atoms with Crippen LogP contribution >= 0.6 is 0 Å². The summed E-state index contributed by atoms with van der Waals surface area (Å²) in [4.78, 5) is 27.1. The summed E-state index contributed by atoms with van der Waals surface area (Å²) in [5.74, 6) is 1.00. The second-order valence-electron chi connectivity index (χ2n) is 6.10. The van der Waals surface area contributed by atoms with Gasteiger partial charge in [0.15, 0.2) is 5.82 Å². The van der Waals surface area contributed by atoms with Crippen LogP contribution in [0.15, 0.2) is 24.7 Å². The Hall–Kier alpha value is -2.90. The molecule has 0 aromatic carbocycles. The maximum absolute atomic E-state index is 12.3. The van der Waals surface area contributed by atoms with Gasteiger partial charge in [0.05, 0.1) is 11.9 Å². The van der Waals surface area contributed by atoms with Gasteiger partial charge in [-0.2, -0.15) is 9.78 Å². The van der Waals surface area contributed by atoms with Gasteiger partial charge in [0, 0.05) is 37.1 Å². The zero-order chi connectivity index (χ0) is 17.6. The Labute approximate surface area is 146 Å². The third kappa shape index (κ3) is 3.78. The Bertz CT molecular complexity index is 751. The van der Waals surface area contributed by atoms with Crippen molar-refractivity contribution in [3.05, 3.63) is 24.7 Å². The fourth-order valence-corrected chi connectivity index (χ4v) is 3.22. The average Bonchev–Trinajstić information content (AvgIpc) is 3.31. The lowest BCUT2D eigenvalue weighted by Gasteiger charge is -2.11. The van der Waals surface area contributed by atoms with Crippen LogP contribution in [0.4, 0.5) is 16.3 Å². The smallest absolute Gasteiger partial charge is 0.342 e. The molecule has 0 atom stereocenters. The molecule has 2 heterocycles. The molecule has 0 bridgehead atoms. The summed E-state index contributed by atoms with van der Waals surface area (Å²) in [5.41, 5.74) is 2.23. The number of hydrogen-bond donors (Lipinski definition) is 3. The van der Waals surface area contributed by atoms with Crippen LogP contribution in [-0.2, 0) is 4.79 Å².